The van der Waals surface area contributed by atoms with Crippen LogP contribution in [0.15, 0.2) is 82.6 Å². The predicted octanol–water partition coefficient (Wildman–Crippen LogP) is 3.67. The lowest BCUT2D eigenvalue weighted by molar-refractivity contribution is -0.172. The fraction of sp³-hybridized carbons (Fsp3) is 0.411. The molecule has 7 heterocycles. The number of carbonyl (C=O) groups excluding carboxylic acids is 5. The summed E-state index contributed by atoms with van der Waals surface area (Å²) in [6, 6.07) is 20.2. The zero-order valence-electron chi connectivity index (χ0n) is 44.3. The van der Waals surface area contributed by atoms with E-state index < -0.39 is 35.8 Å². The second-order valence-corrected chi connectivity index (χ2v) is 20.5. The van der Waals surface area contributed by atoms with Gasteiger partial charge in [0.2, 0.25) is 5.91 Å². The van der Waals surface area contributed by atoms with E-state index in [1.807, 2.05) is 49.3 Å². The molecule has 10 rings (SSSR count). The molecule has 23 nitrogen and oxygen atoms in total. The zero-order chi connectivity index (χ0) is 55.5. The van der Waals surface area contributed by atoms with E-state index in [2.05, 4.69) is 25.8 Å². The van der Waals surface area contributed by atoms with E-state index in [1.165, 1.54) is 4.90 Å². The highest BCUT2D eigenvalue weighted by atomic mass is 16.6. The number of ether oxygens (including phenoxy) is 3. The molecular formula is C56H63N11O12. The third-order valence-corrected chi connectivity index (χ3v) is 15.1. The Morgan fingerprint density at radius 3 is 2.37 bits per heavy atom. The maximum Gasteiger partial charge on any atom is 0.415 e. The molecule has 0 radical (unpaired) electrons. The van der Waals surface area contributed by atoms with E-state index >= 15 is 0 Å². The molecule has 3 aromatic carbocycles. The van der Waals surface area contributed by atoms with Crippen LogP contribution in [0.1, 0.15) is 70.8 Å². The van der Waals surface area contributed by atoms with Crippen molar-refractivity contribution in [3.05, 3.63) is 117 Å². The number of rotatable bonds is 14. The van der Waals surface area contributed by atoms with Crippen LogP contribution in [0.4, 0.5) is 21.0 Å². The van der Waals surface area contributed by atoms with Crippen molar-refractivity contribution in [3.63, 3.8) is 0 Å². The number of benzene rings is 3. The Balaban J connectivity index is 0.682. The van der Waals surface area contributed by atoms with Gasteiger partial charge in [-0.2, -0.15) is 0 Å². The summed E-state index contributed by atoms with van der Waals surface area (Å²) in [5, 5.41) is 30.8. The first-order valence-corrected chi connectivity index (χ1v) is 26.5. The minimum absolute atomic E-state index is 0.0306. The predicted molar refractivity (Wildman–Crippen MR) is 290 cm³/mol. The van der Waals surface area contributed by atoms with Gasteiger partial charge in [-0.25, -0.2) is 24.2 Å². The molecule has 0 unspecified atom stereocenters. The number of nitrogens with zero attached hydrogens (tertiary/aromatic N) is 8. The Bertz CT molecular complexity index is 3310. The number of carbonyl (C=O) groups is 6. The summed E-state index contributed by atoms with van der Waals surface area (Å²) >= 11 is 0. The van der Waals surface area contributed by atoms with Gasteiger partial charge in [-0.15, -0.1) is 0 Å². The fourth-order valence-corrected chi connectivity index (χ4v) is 10.6. The summed E-state index contributed by atoms with van der Waals surface area (Å²) in [7, 11) is 3.78. The number of carboxylic acid groups (broad SMARTS) is 1. The number of guanidine groups is 1. The number of carboxylic acids is 1. The SMILES string of the molecule is CC[C@@]1(O)C(=O)OCc2c1cc1n(c2=O)Cc2cc3c(CN(C)C)c(OC(=O)N4CCN(C(=O)c5ccc(COC(=O)N[C@@H](CCC(=O)N6CCN(c7cccc(NC8=NCCCN8)c7)CC6)C(=O)O)cc5)CC4)ccc3nc2-1. The molecule has 2 aromatic heterocycles. The lowest BCUT2D eigenvalue weighted by Crippen LogP contribution is -2.51. The maximum atomic E-state index is 13.8. The van der Waals surface area contributed by atoms with Crippen LogP contribution >= 0.6 is 0 Å². The summed E-state index contributed by atoms with van der Waals surface area (Å²) in [6.45, 7) is 6.52. The second kappa shape index (κ2) is 22.8. The van der Waals surface area contributed by atoms with Crippen LogP contribution < -0.4 is 31.1 Å². The quantitative estimate of drug-likeness (QED) is 0.0974. The van der Waals surface area contributed by atoms with Crippen molar-refractivity contribution in [1.29, 1.82) is 0 Å². The van der Waals surface area contributed by atoms with Gasteiger partial charge >= 0.3 is 24.1 Å². The number of aromatic nitrogens is 2. The topological polar surface area (TPSA) is 270 Å². The third kappa shape index (κ3) is 11.4. The highest BCUT2D eigenvalue weighted by Gasteiger charge is 2.45. The van der Waals surface area contributed by atoms with Gasteiger partial charge in [0.1, 0.15) is 25.0 Å². The van der Waals surface area contributed by atoms with Gasteiger partial charge in [-0.3, -0.25) is 19.4 Å². The molecule has 0 aliphatic carbocycles. The number of aliphatic imine (C=N–C) groups is 1. The molecule has 23 heteroatoms. The molecule has 2 atom stereocenters. The molecule has 0 spiro atoms. The number of fused-ring (bicyclic) bond motifs is 5. The van der Waals surface area contributed by atoms with Crippen LogP contribution in [0.25, 0.3) is 22.3 Å². The minimum Gasteiger partial charge on any atom is -0.480 e. The van der Waals surface area contributed by atoms with Crippen LogP contribution in [0.2, 0.25) is 0 Å². The first-order chi connectivity index (χ1) is 38.1. The highest BCUT2D eigenvalue weighted by Crippen LogP contribution is 2.40. The standard InChI is InChI=1S/C56H63N11O12/c1-4-56(76)42-29-45-48-36(30-67(45)50(70)41(42)33-77-52(56)73)27-39-40(31-62(2)3)46(15-13-43(39)60-48)79-55(75)66-25-23-65(24-26-66)49(69)35-11-9-34(10-12-35)32-78-54(74)61-44(51(71)72)14-16-47(68)64-21-19-63(20-22-64)38-8-5-7-37(28-38)59-53-57-17-6-18-58-53/h5,7-13,15,27-29,44,76H,4,6,14,16-26,30-33H2,1-3H3,(H,61,74)(H,71,72)(H2,57,58,59)/t44-,56-/m0/s1. The first-order valence-electron chi connectivity index (χ1n) is 26.5. The number of esters is 1. The van der Waals surface area contributed by atoms with Gasteiger partial charge in [-0.1, -0.05) is 25.1 Å². The number of aliphatic carboxylic acids is 1. The van der Waals surface area contributed by atoms with Crippen LogP contribution in [0.3, 0.4) is 0 Å². The number of pyridine rings is 2. The van der Waals surface area contributed by atoms with Crippen molar-refractivity contribution >= 4 is 64.2 Å². The van der Waals surface area contributed by atoms with Crippen molar-refractivity contribution in [2.45, 2.75) is 70.6 Å². The molecule has 2 fully saturated rings. The molecule has 5 aliphatic heterocycles. The molecule has 2 saturated heterocycles. The minimum atomic E-state index is -1.95. The molecule has 0 saturated carbocycles. The Morgan fingerprint density at radius 1 is 0.911 bits per heavy atom. The monoisotopic (exact) mass is 1080 g/mol. The molecule has 414 valence electrons. The van der Waals surface area contributed by atoms with Crippen LogP contribution in [-0.4, -0.2) is 167 Å². The number of nitrogens with one attached hydrogen (secondary N) is 3. The van der Waals surface area contributed by atoms with Gasteiger partial charge in [0.05, 0.1) is 29.0 Å². The normalized spacial score (nSPS) is 18.1. The number of cyclic esters (lactones) is 1. The largest absolute Gasteiger partial charge is 0.480 e. The molecule has 0 bridgehead atoms. The number of aliphatic hydroxyl groups is 1. The molecular weight excluding hydrogens is 1020 g/mol. The lowest BCUT2D eigenvalue weighted by atomic mass is 9.86. The fourth-order valence-electron chi connectivity index (χ4n) is 10.6. The zero-order valence-corrected chi connectivity index (χ0v) is 44.3. The Hall–Kier alpha value is -8.57. The van der Waals surface area contributed by atoms with Gasteiger partial charge in [0.15, 0.2) is 11.6 Å². The number of anilines is 2. The van der Waals surface area contributed by atoms with Crippen molar-refractivity contribution in [2.24, 2.45) is 4.99 Å². The van der Waals surface area contributed by atoms with E-state index in [0.717, 1.165) is 47.8 Å². The molecule has 5 aromatic rings. The second-order valence-electron chi connectivity index (χ2n) is 20.5. The van der Waals surface area contributed by atoms with E-state index in [0.29, 0.717) is 72.1 Å². The smallest absolute Gasteiger partial charge is 0.415 e. The molecule has 5 aliphatic rings. The number of hydrogen-bond donors (Lipinski definition) is 5. The van der Waals surface area contributed by atoms with Crippen molar-refractivity contribution in [1.82, 2.24) is 39.8 Å². The number of piperazine rings is 2. The first kappa shape index (κ1) is 53.8. The summed E-state index contributed by atoms with van der Waals surface area (Å²) in [5.41, 5.74) is 4.11. The highest BCUT2D eigenvalue weighted by molar-refractivity contribution is 5.95. The lowest BCUT2D eigenvalue weighted by Gasteiger charge is -2.36. The van der Waals surface area contributed by atoms with Crippen molar-refractivity contribution < 1.29 is 53.2 Å². The van der Waals surface area contributed by atoms with E-state index in [9.17, 15) is 43.8 Å². The van der Waals surface area contributed by atoms with Gasteiger partial charge < -0.3 is 69.4 Å². The maximum absolute atomic E-state index is 13.8. The molecule has 4 amide bonds. The van der Waals surface area contributed by atoms with Crippen LogP contribution in [0, 0.1) is 0 Å². The summed E-state index contributed by atoms with van der Waals surface area (Å²) in [5.74, 6) is -1.46. The molecule has 5 N–H and O–H groups in total. The average Bonchev–Trinajstić information content (AvgIpc) is 3.92. The number of alkyl carbamates (subject to hydrolysis) is 1. The Kier molecular flexibility index (Phi) is 15.5. The third-order valence-electron chi connectivity index (χ3n) is 15.1. The van der Waals surface area contributed by atoms with Crippen LogP contribution in [0.5, 0.6) is 5.75 Å². The van der Waals surface area contributed by atoms with Crippen molar-refractivity contribution in [3.8, 4) is 17.1 Å². The molecule has 79 heavy (non-hydrogen) atoms. The van der Waals surface area contributed by atoms with Crippen molar-refractivity contribution in [2.75, 3.05) is 89.8 Å². The van der Waals surface area contributed by atoms with Gasteiger partial charge in [0, 0.05) is 117 Å². The summed E-state index contributed by atoms with van der Waals surface area (Å²) in [6.07, 6.45) is -0.713. The Labute approximate surface area is 454 Å². The number of hydrogen-bond acceptors (Lipinski definition) is 17. The van der Waals surface area contributed by atoms with E-state index in [-0.39, 0.29) is 93.7 Å². The van der Waals surface area contributed by atoms with Crippen LogP contribution in [-0.2, 0) is 55.8 Å². The summed E-state index contributed by atoms with van der Waals surface area (Å²) < 4.78 is 18.2. The Morgan fingerprint density at radius 2 is 1.66 bits per heavy atom. The average molecular weight is 1080 g/mol. The number of amides is 4. The summed E-state index contributed by atoms with van der Waals surface area (Å²) in [4.78, 5) is 110. The van der Waals surface area contributed by atoms with Gasteiger partial charge in [-0.05, 0) is 93.5 Å². The van der Waals surface area contributed by atoms with E-state index in [1.54, 1.807) is 63.8 Å². The van der Waals surface area contributed by atoms with E-state index in [4.69, 9.17) is 19.2 Å². The van der Waals surface area contributed by atoms with Gasteiger partial charge in [0.25, 0.3) is 11.5 Å².